The summed E-state index contributed by atoms with van der Waals surface area (Å²) in [5.41, 5.74) is 1.26. The lowest BCUT2D eigenvalue weighted by Crippen LogP contribution is -2.35. The molecule has 0 bridgehead atoms. The molecule has 6 heteroatoms. The second-order valence-corrected chi connectivity index (χ2v) is 6.49. The Hall–Kier alpha value is -2.47. The summed E-state index contributed by atoms with van der Waals surface area (Å²) in [5, 5.41) is 9.70. The Balaban J connectivity index is 1.98. The number of carbonyl (C=O) groups is 1. The lowest BCUT2D eigenvalue weighted by molar-refractivity contribution is 0.200. The van der Waals surface area contributed by atoms with E-state index in [1.165, 1.54) is 17.0 Å². The molecule has 1 saturated heterocycles. The van der Waals surface area contributed by atoms with Crippen molar-refractivity contribution in [3.05, 3.63) is 54.1 Å². The van der Waals surface area contributed by atoms with Gasteiger partial charge in [0, 0.05) is 24.7 Å². The molecule has 1 amide bonds. The molecule has 1 fully saturated rings. The average Bonchev–Trinajstić information content (AvgIpc) is 2.97. The molecule has 0 saturated carbocycles. The normalized spacial score (nSPS) is 17.6. The lowest BCUT2D eigenvalue weighted by atomic mass is 10.0. The fourth-order valence-corrected chi connectivity index (χ4v) is 3.38. The third-order valence-corrected chi connectivity index (χ3v) is 4.53. The highest BCUT2D eigenvalue weighted by atomic mass is 19.1. The van der Waals surface area contributed by atoms with Crippen molar-refractivity contribution in [2.75, 3.05) is 31.6 Å². The molecular weight excluding hydrogens is 326 g/mol. The summed E-state index contributed by atoms with van der Waals surface area (Å²) in [6.07, 6.45) is -0.143. The monoisotopic (exact) mass is 346 g/mol. The molecule has 3 rings (SSSR count). The predicted molar refractivity (Wildman–Crippen MR) is 92.8 cm³/mol. The maximum atomic E-state index is 13.6. The van der Waals surface area contributed by atoms with Crippen LogP contribution in [0.4, 0.5) is 19.3 Å². The van der Waals surface area contributed by atoms with Crippen LogP contribution in [0.1, 0.15) is 6.42 Å². The number of benzene rings is 2. The van der Waals surface area contributed by atoms with Gasteiger partial charge in [-0.15, -0.1) is 0 Å². The molecule has 1 aliphatic rings. The van der Waals surface area contributed by atoms with E-state index in [0.717, 1.165) is 25.6 Å². The van der Waals surface area contributed by atoms with Gasteiger partial charge >= 0.3 is 6.09 Å². The summed E-state index contributed by atoms with van der Waals surface area (Å²) < 4.78 is 27.2. The third kappa shape index (κ3) is 3.96. The van der Waals surface area contributed by atoms with E-state index < -0.39 is 17.7 Å². The number of likely N-dealkylation sites (tertiary alicyclic amines) is 1. The molecule has 132 valence electrons. The lowest BCUT2D eigenvalue weighted by Gasteiger charge is -2.25. The fraction of sp³-hybridized carbons (Fsp3) is 0.316. The number of para-hydroxylation sites is 1. The zero-order valence-corrected chi connectivity index (χ0v) is 14.0. The van der Waals surface area contributed by atoms with Gasteiger partial charge in [0.25, 0.3) is 0 Å². The number of nitrogens with zero attached hydrogens (tertiary/aromatic N) is 2. The average molecular weight is 346 g/mol. The van der Waals surface area contributed by atoms with Gasteiger partial charge in [-0.2, -0.15) is 0 Å². The summed E-state index contributed by atoms with van der Waals surface area (Å²) in [7, 11) is 2.01. The number of carboxylic acid groups (broad SMARTS) is 1. The minimum atomic E-state index is -1.07. The van der Waals surface area contributed by atoms with Crippen LogP contribution in [0.3, 0.4) is 0 Å². The molecular formula is C19H20F2N2O2. The Morgan fingerprint density at radius 2 is 1.92 bits per heavy atom. The molecule has 0 spiro atoms. The van der Waals surface area contributed by atoms with Crippen LogP contribution in [0.25, 0.3) is 11.1 Å². The first-order valence-electron chi connectivity index (χ1n) is 8.18. The summed E-state index contributed by atoms with van der Waals surface area (Å²) >= 11 is 0. The van der Waals surface area contributed by atoms with Crippen molar-refractivity contribution in [3.63, 3.8) is 0 Å². The first-order valence-corrected chi connectivity index (χ1v) is 8.18. The van der Waals surface area contributed by atoms with Gasteiger partial charge in [0.15, 0.2) is 0 Å². The van der Waals surface area contributed by atoms with Crippen molar-refractivity contribution in [1.29, 1.82) is 0 Å². The molecule has 1 atom stereocenters. The SMILES string of the molecule is CN1CC[C@H](CN(C(=O)O)c2ccccc2-c2cc(F)cc(F)c2)C1. The molecule has 4 nitrogen and oxygen atoms in total. The molecule has 0 aliphatic carbocycles. The summed E-state index contributed by atoms with van der Waals surface area (Å²) in [6, 6.07) is 10.0. The largest absolute Gasteiger partial charge is 0.465 e. The van der Waals surface area contributed by atoms with E-state index in [-0.39, 0.29) is 5.92 Å². The van der Waals surface area contributed by atoms with E-state index in [0.29, 0.717) is 23.4 Å². The van der Waals surface area contributed by atoms with Crippen LogP contribution in [0, 0.1) is 17.6 Å². The van der Waals surface area contributed by atoms with Crippen molar-refractivity contribution in [3.8, 4) is 11.1 Å². The molecule has 0 radical (unpaired) electrons. The molecule has 1 heterocycles. The van der Waals surface area contributed by atoms with Crippen LogP contribution in [-0.4, -0.2) is 42.8 Å². The topological polar surface area (TPSA) is 43.8 Å². The maximum absolute atomic E-state index is 13.6. The van der Waals surface area contributed by atoms with E-state index in [2.05, 4.69) is 4.90 Å². The second kappa shape index (κ2) is 7.19. The predicted octanol–water partition coefficient (Wildman–Crippen LogP) is 4.07. The first-order chi connectivity index (χ1) is 11.9. The Morgan fingerprint density at radius 3 is 2.52 bits per heavy atom. The Labute approximate surface area is 145 Å². The van der Waals surface area contributed by atoms with Crippen molar-refractivity contribution >= 4 is 11.8 Å². The van der Waals surface area contributed by atoms with E-state index in [9.17, 15) is 18.7 Å². The minimum absolute atomic E-state index is 0.235. The van der Waals surface area contributed by atoms with Gasteiger partial charge in [-0.25, -0.2) is 13.6 Å². The van der Waals surface area contributed by atoms with Gasteiger partial charge in [-0.05, 0) is 49.7 Å². The third-order valence-electron chi connectivity index (χ3n) is 4.53. The van der Waals surface area contributed by atoms with E-state index >= 15 is 0 Å². The Morgan fingerprint density at radius 1 is 1.24 bits per heavy atom. The van der Waals surface area contributed by atoms with E-state index in [4.69, 9.17) is 0 Å². The summed E-state index contributed by atoms with van der Waals surface area (Å²) in [4.78, 5) is 15.3. The molecule has 0 aromatic heterocycles. The molecule has 0 unspecified atom stereocenters. The smallest absolute Gasteiger partial charge is 0.411 e. The van der Waals surface area contributed by atoms with Gasteiger partial charge in [0.05, 0.1) is 5.69 Å². The molecule has 25 heavy (non-hydrogen) atoms. The number of rotatable bonds is 4. The Bertz CT molecular complexity index is 762. The van der Waals surface area contributed by atoms with Crippen LogP contribution >= 0.6 is 0 Å². The summed E-state index contributed by atoms with van der Waals surface area (Å²) in [5.74, 6) is -1.15. The van der Waals surface area contributed by atoms with Crippen LogP contribution in [0.2, 0.25) is 0 Å². The van der Waals surface area contributed by atoms with Crippen molar-refractivity contribution in [2.24, 2.45) is 5.92 Å². The molecule has 1 aliphatic heterocycles. The molecule has 2 aromatic rings. The molecule has 1 N–H and O–H groups in total. The van der Waals surface area contributed by atoms with E-state index in [1.54, 1.807) is 24.3 Å². The zero-order valence-electron chi connectivity index (χ0n) is 14.0. The van der Waals surface area contributed by atoms with E-state index in [1.807, 2.05) is 7.05 Å². The first kappa shape index (κ1) is 17.4. The highest BCUT2D eigenvalue weighted by Gasteiger charge is 2.26. The van der Waals surface area contributed by atoms with Gasteiger partial charge < -0.3 is 10.0 Å². The number of anilines is 1. The van der Waals surface area contributed by atoms with Crippen molar-refractivity contribution < 1.29 is 18.7 Å². The second-order valence-electron chi connectivity index (χ2n) is 6.49. The fourth-order valence-electron chi connectivity index (χ4n) is 3.38. The number of hydrogen-bond donors (Lipinski definition) is 1. The molecule has 2 aromatic carbocycles. The number of amides is 1. The van der Waals surface area contributed by atoms with Gasteiger partial charge in [-0.3, -0.25) is 4.90 Å². The summed E-state index contributed by atoms with van der Waals surface area (Å²) in [6.45, 7) is 2.13. The van der Waals surface area contributed by atoms with Crippen molar-refractivity contribution in [1.82, 2.24) is 4.90 Å². The van der Waals surface area contributed by atoms with Crippen molar-refractivity contribution in [2.45, 2.75) is 6.42 Å². The van der Waals surface area contributed by atoms with Crippen LogP contribution < -0.4 is 4.90 Å². The minimum Gasteiger partial charge on any atom is -0.465 e. The number of halogens is 2. The zero-order chi connectivity index (χ0) is 18.0. The quantitative estimate of drug-likeness (QED) is 0.908. The maximum Gasteiger partial charge on any atom is 0.411 e. The van der Waals surface area contributed by atoms with Gasteiger partial charge in [0.2, 0.25) is 0 Å². The van der Waals surface area contributed by atoms with Crippen LogP contribution in [0.15, 0.2) is 42.5 Å². The van der Waals surface area contributed by atoms with Gasteiger partial charge in [0.1, 0.15) is 11.6 Å². The highest BCUT2D eigenvalue weighted by Crippen LogP contribution is 2.33. The van der Waals surface area contributed by atoms with Crippen LogP contribution in [0.5, 0.6) is 0 Å². The standard InChI is InChI=1S/C19H20F2N2O2/c1-22-7-6-13(11-22)12-23(19(24)25)18-5-3-2-4-17(18)14-8-15(20)10-16(21)9-14/h2-5,8-10,13H,6-7,11-12H2,1H3,(H,24,25)/t13-/m0/s1. The van der Waals surface area contributed by atoms with Crippen LogP contribution in [-0.2, 0) is 0 Å². The Kier molecular flexibility index (Phi) is 4.99. The van der Waals surface area contributed by atoms with Gasteiger partial charge in [-0.1, -0.05) is 18.2 Å². The number of hydrogen-bond acceptors (Lipinski definition) is 2. The highest BCUT2D eigenvalue weighted by molar-refractivity contribution is 5.92.